The standard InChI is InChI=1S/C25H23ClN4O4/c1-16-4-3-5-19(12-16)28-23(31)15-34-21-10-7-18(8-11-21)14-27-30-25(33)24(32)29-20-9-6-17(2)22(26)13-20/h3-14H,15H2,1-2H3,(H,28,31)(H,29,32)(H,30,33)/b27-14-. The number of nitrogens with zero attached hydrogens (tertiary/aromatic N) is 1. The smallest absolute Gasteiger partial charge is 0.329 e. The number of benzene rings is 3. The van der Waals surface area contributed by atoms with Crippen LogP contribution in [0, 0.1) is 13.8 Å². The van der Waals surface area contributed by atoms with Gasteiger partial charge in [0.1, 0.15) is 5.75 Å². The molecule has 0 heterocycles. The fourth-order valence-electron chi connectivity index (χ4n) is 2.79. The summed E-state index contributed by atoms with van der Waals surface area (Å²) in [6.07, 6.45) is 1.38. The Hall–Kier alpha value is -4.17. The predicted molar refractivity (Wildman–Crippen MR) is 132 cm³/mol. The molecular formula is C25H23ClN4O4. The second-order valence-electron chi connectivity index (χ2n) is 7.39. The number of nitrogens with one attached hydrogen (secondary N) is 3. The number of aryl methyl sites for hydroxylation is 2. The summed E-state index contributed by atoms with van der Waals surface area (Å²) in [5.41, 5.74) is 5.83. The van der Waals surface area contributed by atoms with Gasteiger partial charge in [0.05, 0.1) is 6.21 Å². The van der Waals surface area contributed by atoms with Gasteiger partial charge in [-0.25, -0.2) is 5.43 Å². The molecule has 3 aromatic carbocycles. The van der Waals surface area contributed by atoms with Gasteiger partial charge in [-0.15, -0.1) is 0 Å². The van der Waals surface area contributed by atoms with E-state index in [0.29, 0.717) is 27.7 Å². The Labute approximate surface area is 202 Å². The first-order valence-electron chi connectivity index (χ1n) is 10.3. The van der Waals surface area contributed by atoms with E-state index in [1.165, 1.54) is 6.21 Å². The van der Waals surface area contributed by atoms with Crippen molar-refractivity contribution in [2.75, 3.05) is 17.2 Å². The van der Waals surface area contributed by atoms with Gasteiger partial charge in [0.15, 0.2) is 6.61 Å². The number of amides is 3. The van der Waals surface area contributed by atoms with Crippen molar-refractivity contribution in [3.63, 3.8) is 0 Å². The lowest BCUT2D eigenvalue weighted by Gasteiger charge is -2.08. The number of rotatable bonds is 7. The highest BCUT2D eigenvalue weighted by Crippen LogP contribution is 2.19. The summed E-state index contributed by atoms with van der Waals surface area (Å²) in [5, 5.41) is 9.48. The number of hydrogen-bond donors (Lipinski definition) is 3. The van der Waals surface area contributed by atoms with Crippen LogP contribution in [-0.4, -0.2) is 30.5 Å². The molecule has 0 saturated heterocycles. The molecule has 8 nitrogen and oxygen atoms in total. The van der Waals surface area contributed by atoms with Crippen LogP contribution in [0.2, 0.25) is 5.02 Å². The van der Waals surface area contributed by atoms with Crippen LogP contribution in [0.4, 0.5) is 11.4 Å². The molecule has 0 saturated carbocycles. The van der Waals surface area contributed by atoms with Crippen LogP contribution in [0.15, 0.2) is 71.8 Å². The third-order valence-corrected chi connectivity index (χ3v) is 4.97. The van der Waals surface area contributed by atoms with E-state index in [9.17, 15) is 14.4 Å². The second-order valence-corrected chi connectivity index (χ2v) is 7.80. The van der Waals surface area contributed by atoms with Gasteiger partial charge in [-0.05, 0) is 79.1 Å². The van der Waals surface area contributed by atoms with Crippen molar-refractivity contribution >= 4 is 46.9 Å². The van der Waals surface area contributed by atoms with Gasteiger partial charge in [0.2, 0.25) is 0 Å². The molecule has 3 aromatic rings. The molecule has 0 aliphatic rings. The third-order valence-electron chi connectivity index (χ3n) is 4.57. The zero-order chi connectivity index (χ0) is 24.5. The molecule has 0 atom stereocenters. The summed E-state index contributed by atoms with van der Waals surface area (Å²) in [4.78, 5) is 35.9. The van der Waals surface area contributed by atoms with E-state index in [0.717, 1.165) is 11.1 Å². The van der Waals surface area contributed by atoms with Crippen LogP contribution in [-0.2, 0) is 14.4 Å². The highest BCUT2D eigenvalue weighted by molar-refractivity contribution is 6.39. The number of hydrogen-bond acceptors (Lipinski definition) is 5. The number of ether oxygens (including phenoxy) is 1. The Morgan fingerprint density at radius 2 is 1.65 bits per heavy atom. The molecule has 0 aliphatic heterocycles. The van der Waals surface area contributed by atoms with Crippen molar-refractivity contribution in [1.29, 1.82) is 0 Å². The number of anilines is 2. The maximum absolute atomic E-state index is 12.0. The van der Waals surface area contributed by atoms with Gasteiger partial charge in [0.25, 0.3) is 5.91 Å². The first-order chi connectivity index (χ1) is 16.3. The molecule has 0 fully saturated rings. The van der Waals surface area contributed by atoms with E-state index >= 15 is 0 Å². The molecule has 0 radical (unpaired) electrons. The molecule has 3 rings (SSSR count). The maximum atomic E-state index is 12.0. The molecule has 0 bridgehead atoms. The van der Waals surface area contributed by atoms with Crippen LogP contribution < -0.4 is 20.8 Å². The fraction of sp³-hybridized carbons (Fsp3) is 0.120. The molecule has 9 heteroatoms. The summed E-state index contributed by atoms with van der Waals surface area (Å²) >= 11 is 6.01. The van der Waals surface area contributed by atoms with Crippen LogP contribution in [0.5, 0.6) is 5.75 Å². The quantitative estimate of drug-likeness (QED) is 0.270. The highest BCUT2D eigenvalue weighted by Gasteiger charge is 2.13. The van der Waals surface area contributed by atoms with Crippen LogP contribution >= 0.6 is 11.6 Å². The summed E-state index contributed by atoms with van der Waals surface area (Å²) in [5.74, 6) is -1.57. The van der Waals surface area contributed by atoms with E-state index in [-0.39, 0.29) is 12.5 Å². The largest absolute Gasteiger partial charge is 0.484 e. The number of hydrazone groups is 1. The molecule has 0 unspecified atom stereocenters. The van der Waals surface area contributed by atoms with Crippen molar-refractivity contribution in [1.82, 2.24) is 5.43 Å². The van der Waals surface area contributed by atoms with Gasteiger partial charge < -0.3 is 15.4 Å². The average molecular weight is 479 g/mol. The van der Waals surface area contributed by atoms with Crippen molar-refractivity contribution in [2.24, 2.45) is 5.10 Å². The van der Waals surface area contributed by atoms with E-state index in [1.807, 2.05) is 32.0 Å². The number of carbonyl (C=O) groups is 3. The molecule has 34 heavy (non-hydrogen) atoms. The predicted octanol–water partition coefficient (Wildman–Crippen LogP) is 4.06. The molecule has 0 aromatic heterocycles. The van der Waals surface area contributed by atoms with E-state index < -0.39 is 11.8 Å². The lowest BCUT2D eigenvalue weighted by Crippen LogP contribution is -2.32. The molecule has 3 amide bonds. The van der Waals surface area contributed by atoms with Crippen LogP contribution in [0.3, 0.4) is 0 Å². The van der Waals surface area contributed by atoms with Crippen molar-refractivity contribution in [2.45, 2.75) is 13.8 Å². The minimum Gasteiger partial charge on any atom is -0.484 e. The first-order valence-corrected chi connectivity index (χ1v) is 10.7. The maximum Gasteiger partial charge on any atom is 0.329 e. The Bertz CT molecular complexity index is 1230. The first kappa shape index (κ1) is 24.5. The van der Waals surface area contributed by atoms with Gasteiger partial charge in [-0.3, -0.25) is 14.4 Å². The third kappa shape index (κ3) is 7.46. The number of carbonyl (C=O) groups excluding carboxylic acids is 3. The van der Waals surface area contributed by atoms with Crippen molar-refractivity contribution < 1.29 is 19.1 Å². The Kier molecular flexibility index (Phi) is 8.37. The lowest BCUT2D eigenvalue weighted by molar-refractivity contribution is -0.136. The Balaban J connectivity index is 1.43. The second kappa shape index (κ2) is 11.6. The molecule has 0 spiro atoms. The van der Waals surface area contributed by atoms with Crippen LogP contribution in [0.25, 0.3) is 0 Å². The highest BCUT2D eigenvalue weighted by atomic mass is 35.5. The Morgan fingerprint density at radius 3 is 2.35 bits per heavy atom. The zero-order valence-corrected chi connectivity index (χ0v) is 19.3. The molecular weight excluding hydrogens is 456 g/mol. The SMILES string of the molecule is Cc1cccc(NC(=O)COc2ccc(/C=N\NC(=O)C(=O)Nc3ccc(C)c(Cl)c3)cc2)c1. The van der Waals surface area contributed by atoms with E-state index in [1.54, 1.807) is 48.5 Å². The minimum atomic E-state index is -0.924. The summed E-state index contributed by atoms with van der Waals surface area (Å²) in [6, 6.07) is 19.1. The van der Waals surface area contributed by atoms with Crippen molar-refractivity contribution in [3.05, 3.63) is 88.4 Å². The normalized spacial score (nSPS) is 10.6. The average Bonchev–Trinajstić information content (AvgIpc) is 2.81. The number of halogens is 1. The van der Waals surface area contributed by atoms with Gasteiger partial charge in [-0.2, -0.15) is 5.10 Å². The summed E-state index contributed by atoms with van der Waals surface area (Å²) in [7, 11) is 0. The van der Waals surface area contributed by atoms with Gasteiger partial charge in [0, 0.05) is 16.4 Å². The monoisotopic (exact) mass is 478 g/mol. The lowest BCUT2D eigenvalue weighted by atomic mass is 10.2. The molecule has 0 aliphatic carbocycles. The zero-order valence-electron chi connectivity index (χ0n) is 18.6. The van der Waals surface area contributed by atoms with E-state index in [4.69, 9.17) is 16.3 Å². The van der Waals surface area contributed by atoms with Gasteiger partial charge >= 0.3 is 11.8 Å². The molecule has 3 N–H and O–H groups in total. The minimum absolute atomic E-state index is 0.140. The van der Waals surface area contributed by atoms with Crippen molar-refractivity contribution in [3.8, 4) is 5.75 Å². The summed E-state index contributed by atoms with van der Waals surface area (Å²) in [6.45, 7) is 3.63. The fourth-order valence-corrected chi connectivity index (χ4v) is 2.97. The van der Waals surface area contributed by atoms with E-state index in [2.05, 4.69) is 21.2 Å². The molecule has 174 valence electrons. The summed E-state index contributed by atoms with van der Waals surface area (Å²) < 4.78 is 5.48. The van der Waals surface area contributed by atoms with Crippen LogP contribution in [0.1, 0.15) is 16.7 Å². The Morgan fingerprint density at radius 1 is 0.912 bits per heavy atom. The van der Waals surface area contributed by atoms with Gasteiger partial charge in [-0.1, -0.05) is 29.8 Å². The topological polar surface area (TPSA) is 109 Å².